The predicted molar refractivity (Wildman–Crippen MR) is 156 cm³/mol. The summed E-state index contributed by atoms with van der Waals surface area (Å²) in [5.74, 6) is -0.889. The van der Waals surface area contributed by atoms with E-state index in [0.717, 1.165) is 18.4 Å². The summed E-state index contributed by atoms with van der Waals surface area (Å²) in [7, 11) is -3.37. The lowest BCUT2D eigenvalue weighted by Gasteiger charge is -2.39. The number of carbonyl (C=O) groups is 1. The highest BCUT2D eigenvalue weighted by Crippen LogP contribution is 2.35. The van der Waals surface area contributed by atoms with Gasteiger partial charge in [0.2, 0.25) is 15.9 Å². The van der Waals surface area contributed by atoms with Gasteiger partial charge in [-0.3, -0.25) is 4.79 Å². The first-order valence-corrected chi connectivity index (χ1v) is 16.1. The quantitative estimate of drug-likeness (QED) is 0.384. The molecule has 2 saturated heterocycles. The fraction of sp³-hybridized carbons (Fsp3) is 0.552. The van der Waals surface area contributed by atoms with Crippen molar-refractivity contribution >= 4 is 33.2 Å². The van der Waals surface area contributed by atoms with Gasteiger partial charge in [0.25, 0.3) is 0 Å². The Hall–Kier alpha value is -2.08. The van der Waals surface area contributed by atoms with Gasteiger partial charge in [-0.25, -0.2) is 12.8 Å². The van der Waals surface area contributed by atoms with Gasteiger partial charge in [0.05, 0.1) is 12.3 Å². The molecule has 0 unspecified atom stereocenters. The minimum absolute atomic E-state index is 0.150. The lowest BCUT2D eigenvalue weighted by atomic mass is 9.76. The molecule has 2 aliphatic heterocycles. The van der Waals surface area contributed by atoms with Crippen LogP contribution >= 0.6 is 11.6 Å². The summed E-state index contributed by atoms with van der Waals surface area (Å²) in [6.45, 7) is 4.25. The molecule has 0 spiro atoms. The monoisotopic (exact) mass is 594 g/mol. The SMILES string of the molecule is C[C@@H]1CNC[C@H](CCCc2c(F)cccc2NC(=O)[C@@H](N)[C@@H](c2ccc(Cl)cc2)C2CCOCC2)N1S(C)(=O)=O. The third-order valence-electron chi connectivity index (χ3n) is 8.06. The van der Waals surface area contributed by atoms with Crippen LogP contribution in [0.2, 0.25) is 5.02 Å². The summed E-state index contributed by atoms with van der Waals surface area (Å²) in [4.78, 5) is 13.5. The smallest absolute Gasteiger partial charge is 0.241 e. The molecule has 4 rings (SSSR count). The van der Waals surface area contributed by atoms with Crippen LogP contribution in [-0.2, 0) is 26.0 Å². The first-order valence-electron chi connectivity index (χ1n) is 13.9. The van der Waals surface area contributed by atoms with Crippen LogP contribution in [0, 0.1) is 11.7 Å². The molecule has 4 atom stereocenters. The van der Waals surface area contributed by atoms with Crippen LogP contribution in [0.5, 0.6) is 0 Å². The van der Waals surface area contributed by atoms with E-state index in [1.165, 1.54) is 12.3 Å². The highest BCUT2D eigenvalue weighted by molar-refractivity contribution is 7.88. The maximum absolute atomic E-state index is 15.0. The van der Waals surface area contributed by atoms with E-state index in [9.17, 15) is 13.2 Å². The number of hydrogen-bond acceptors (Lipinski definition) is 6. The van der Waals surface area contributed by atoms with E-state index >= 15 is 4.39 Å². The van der Waals surface area contributed by atoms with E-state index in [1.54, 1.807) is 28.6 Å². The summed E-state index contributed by atoms with van der Waals surface area (Å²) < 4.78 is 46.9. The first kappa shape index (κ1) is 30.9. The van der Waals surface area contributed by atoms with Crippen molar-refractivity contribution < 1.29 is 22.3 Å². The third-order valence-corrected chi connectivity index (χ3v) is 9.73. The molecule has 0 saturated carbocycles. The van der Waals surface area contributed by atoms with Gasteiger partial charge >= 0.3 is 0 Å². The van der Waals surface area contributed by atoms with Crippen LogP contribution in [0.15, 0.2) is 42.5 Å². The largest absolute Gasteiger partial charge is 0.381 e. The number of hydrogen-bond donors (Lipinski definition) is 3. The number of ether oxygens (including phenoxy) is 1. The predicted octanol–water partition coefficient (Wildman–Crippen LogP) is 3.90. The number of nitrogens with one attached hydrogen (secondary N) is 2. The van der Waals surface area contributed by atoms with Gasteiger partial charge in [0, 0.05) is 60.6 Å². The zero-order valence-electron chi connectivity index (χ0n) is 23.1. The zero-order chi connectivity index (χ0) is 28.9. The maximum Gasteiger partial charge on any atom is 0.241 e. The molecule has 0 aliphatic carbocycles. The summed E-state index contributed by atoms with van der Waals surface area (Å²) in [6, 6.07) is 10.8. The second-order valence-electron chi connectivity index (χ2n) is 11.0. The molecule has 2 heterocycles. The Kier molecular flexibility index (Phi) is 10.6. The highest BCUT2D eigenvalue weighted by atomic mass is 35.5. The van der Waals surface area contributed by atoms with Crippen molar-refractivity contribution in [1.29, 1.82) is 0 Å². The fourth-order valence-corrected chi connectivity index (χ4v) is 7.76. The number of anilines is 1. The second-order valence-corrected chi connectivity index (χ2v) is 13.3. The molecule has 0 aromatic heterocycles. The number of sulfonamides is 1. The Morgan fingerprint density at radius 2 is 1.90 bits per heavy atom. The lowest BCUT2D eigenvalue weighted by Crippen LogP contribution is -2.57. The van der Waals surface area contributed by atoms with Gasteiger partial charge in [-0.1, -0.05) is 29.8 Å². The van der Waals surface area contributed by atoms with E-state index < -0.39 is 21.9 Å². The van der Waals surface area contributed by atoms with Crippen molar-refractivity contribution in [2.75, 3.05) is 37.9 Å². The minimum Gasteiger partial charge on any atom is -0.381 e. The van der Waals surface area contributed by atoms with E-state index in [2.05, 4.69) is 10.6 Å². The Balaban J connectivity index is 1.48. The van der Waals surface area contributed by atoms with Crippen LogP contribution in [0.3, 0.4) is 0 Å². The van der Waals surface area contributed by atoms with Crippen molar-refractivity contribution in [3.63, 3.8) is 0 Å². The third kappa shape index (κ3) is 7.60. The zero-order valence-corrected chi connectivity index (χ0v) is 24.7. The molecule has 8 nitrogen and oxygen atoms in total. The molecular weight excluding hydrogens is 555 g/mol. The molecule has 2 fully saturated rings. The Morgan fingerprint density at radius 3 is 2.58 bits per heavy atom. The topological polar surface area (TPSA) is 114 Å². The molecule has 11 heteroatoms. The minimum atomic E-state index is -3.37. The Bertz CT molecular complexity index is 1260. The molecule has 2 aliphatic rings. The van der Waals surface area contributed by atoms with E-state index in [4.69, 9.17) is 22.1 Å². The van der Waals surface area contributed by atoms with Gasteiger partial charge in [-0.2, -0.15) is 4.31 Å². The number of benzene rings is 2. The molecule has 0 bridgehead atoms. The molecule has 4 N–H and O–H groups in total. The van der Waals surface area contributed by atoms with E-state index in [-0.39, 0.29) is 29.8 Å². The molecule has 0 radical (unpaired) electrons. The van der Waals surface area contributed by atoms with Gasteiger partial charge in [-0.05, 0) is 74.8 Å². The number of carbonyl (C=O) groups excluding carboxylic acids is 1. The van der Waals surface area contributed by atoms with Crippen LogP contribution in [0.4, 0.5) is 10.1 Å². The van der Waals surface area contributed by atoms with Crippen molar-refractivity contribution in [2.45, 2.75) is 63.1 Å². The van der Waals surface area contributed by atoms with Gasteiger partial charge in [0.15, 0.2) is 0 Å². The summed E-state index contributed by atoms with van der Waals surface area (Å²) in [5.41, 5.74) is 8.33. The van der Waals surface area contributed by atoms with Crippen LogP contribution < -0.4 is 16.4 Å². The molecule has 2 aromatic rings. The number of nitrogens with zero attached hydrogens (tertiary/aromatic N) is 1. The molecule has 40 heavy (non-hydrogen) atoms. The second kappa shape index (κ2) is 13.7. The normalized spacial score (nSPS) is 22.5. The highest BCUT2D eigenvalue weighted by Gasteiger charge is 2.35. The maximum atomic E-state index is 15.0. The lowest BCUT2D eigenvalue weighted by molar-refractivity contribution is -0.118. The summed E-state index contributed by atoms with van der Waals surface area (Å²) in [6.07, 6.45) is 4.27. The van der Waals surface area contributed by atoms with Gasteiger partial charge < -0.3 is 21.1 Å². The number of nitrogens with two attached hydrogens (primary N) is 1. The number of rotatable bonds is 10. The number of halogens is 2. The van der Waals surface area contributed by atoms with Gasteiger partial charge in [-0.15, -0.1) is 0 Å². The van der Waals surface area contributed by atoms with Crippen molar-refractivity contribution in [3.8, 4) is 0 Å². The average molecular weight is 595 g/mol. The standard InChI is InChI=1S/C29H40ClFN4O4S/c1-19-17-33-18-23(35(19)40(2,37)38)5-3-6-24-25(31)7-4-8-26(24)34-29(36)28(32)27(21-13-15-39-16-14-21)20-9-11-22(30)12-10-20/h4,7-12,19,21,23,27-28,33H,3,5-6,13-18,32H2,1-2H3,(H,34,36)/t19-,23+,27+,28+/m1/s1. The summed E-state index contributed by atoms with van der Waals surface area (Å²) >= 11 is 6.11. The molecule has 1 amide bonds. The molecule has 220 valence electrons. The van der Waals surface area contributed by atoms with Crippen molar-refractivity contribution in [3.05, 3.63) is 64.4 Å². The Labute approximate surface area is 241 Å². The fourth-order valence-electron chi connectivity index (χ4n) is 6.18. The summed E-state index contributed by atoms with van der Waals surface area (Å²) in [5, 5.41) is 6.79. The number of amides is 1. The average Bonchev–Trinajstić information content (AvgIpc) is 2.91. The molecular formula is C29H40ClFN4O4S. The van der Waals surface area contributed by atoms with Crippen LogP contribution in [0.25, 0.3) is 0 Å². The molecule has 2 aromatic carbocycles. The van der Waals surface area contributed by atoms with Crippen molar-refractivity contribution in [2.24, 2.45) is 11.7 Å². The first-order chi connectivity index (χ1) is 19.1. The van der Waals surface area contributed by atoms with E-state index in [0.29, 0.717) is 61.8 Å². The van der Waals surface area contributed by atoms with E-state index in [1.807, 2.05) is 19.1 Å². The number of piperazine rings is 1. The van der Waals surface area contributed by atoms with Crippen LogP contribution in [-0.4, -0.2) is 69.3 Å². The van der Waals surface area contributed by atoms with Crippen LogP contribution in [0.1, 0.15) is 49.7 Å². The van der Waals surface area contributed by atoms with Crippen molar-refractivity contribution in [1.82, 2.24) is 9.62 Å². The Morgan fingerprint density at radius 1 is 1.20 bits per heavy atom. The van der Waals surface area contributed by atoms with Gasteiger partial charge in [0.1, 0.15) is 5.82 Å².